The quantitative estimate of drug-likeness (QED) is 0.153. The van der Waals surface area contributed by atoms with Gasteiger partial charge in [-0.3, -0.25) is 0 Å². The zero-order valence-corrected chi connectivity index (χ0v) is 33.8. The van der Waals surface area contributed by atoms with Crippen LogP contribution in [-0.4, -0.2) is 48.0 Å². The Labute approximate surface area is 357 Å². The number of fused-ring (bicyclic) bond motifs is 8. The molecule has 2 aliphatic rings. The van der Waals surface area contributed by atoms with Gasteiger partial charge in [-0.1, -0.05) is 0 Å². The number of aromatic nitrogens is 4. The molecule has 64 heavy (non-hydrogen) atoms. The smallest absolute Gasteiger partial charge is 0.192 e. The fourth-order valence-corrected chi connectivity index (χ4v) is 7.97. The minimum Gasteiger partial charge on any atom is -0.491 e. The molecular weight excluding hydrogens is 849 g/mol. The molecule has 322 valence electrons. The second-order valence-corrected chi connectivity index (χ2v) is 14.3. The largest absolute Gasteiger partial charge is 0.491 e. The van der Waals surface area contributed by atoms with E-state index >= 15 is 35.1 Å². The third-order valence-corrected chi connectivity index (χ3v) is 10.7. The molecule has 0 atom stereocenters. The van der Waals surface area contributed by atoms with Crippen molar-refractivity contribution in [2.24, 2.45) is 0 Å². The van der Waals surface area contributed by atoms with Crippen molar-refractivity contribution >= 4 is 46.4 Å². The number of hydrogen-bond acceptors (Lipinski definition) is 6. The van der Waals surface area contributed by atoms with E-state index in [0.29, 0.717) is 16.7 Å². The number of benzene rings is 4. The lowest BCUT2D eigenvalue weighted by Gasteiger charge is -2.17. The van der Waals surface area contributed by atoms with E-state index in [9.17, 15) is 0 Å². The summed E-state index contributed by atoms with van der Waals surface area (Å²) in [6, 6.07) is 15.8. The van der Waals surface area contributed by atoms with Crippen molar-refractivity contribution in [1.29, 1.82) is 0 Å². The number of nitrogens with zero attached hydrogens (tertiary/aromatic N) is 3. The molecular formula is C48H30F8N4O4. The molecule has 5 heterocycles. The zero-order valence-electron chi connectivity index (χ0n) is 33.8. The van der Waals surface area contributed by atoms with Gasteiger partial charge < -0.3 is 28.5 Å². The number of ether oxygens (including phenoxy) is 4. The van der Waals surface area contributed by atoms with Crippen molar-refractivity contribution < 1.29 is 54.1 Å². The summed E-state index contributed by atoms with van der Waals surface area (Å²) in [6.07, 6.45) is 6.20. The highest BCUT2D eigenvalue weighted by atomic mass is 19.2. The highest BCUT2D eigenvalue weighted by Gasteiger charge is 2.33. The van der Waals surface area contributed by atoms with E-state index in [-0.39, 0.29) is 33.7 Å². The Balaban J connectivity index is 1.70. The molecule has 4 aromatic carbocycles. The van der Waals surface area contributed by atoms with Gasteiger partial charge in [0, 0.05) is 44.4 Å². The van der Waals surface area contributed by atoms with Crippen LogP contribution in [0.2, 0.25) is 0 Å². The van der Waals surface area contributed by atoms with Crippen LogP contribution in [0.25, 0.3) is 85.4 Å². The number of H-pyrrole nitrogens is 1. The molecule has 3 aromatic heterocycles. The van der Waals surface area contributed by atoms with Crippen molar-refractivity contribution in [3.8, 4) is 62.1 Å². The Morgan fingerprint density at radius 1 is 0.438 bits per heavy atom. The summed E-state index contributed by atoms with van der Waals surface area (Å²) in [7, 11) is 4.05. The average Bonchev–Trinajstić information content (AvgIpc) is 4.08. The summed E-state index contributed by atoms with van der Waals surface area (Å²) in [5.41, 5.74) is -1.87. The lowest BCUT2D eigenvalue weighted by molar-refractivity contribution is 0.359. The molecule has 0 saturated heterocycles. The molecule has 2 aliphatic heterocycles. The fourth-order valence-electron chi connectivity index (χ4n) is 7.97. The van der Waals surface area contributed by atoms with Gasteiger partial charge in [0.25, 0.3) is 0 Å². The second-order valence-electron chi connectivity index (χ2n) is 14.3. The first-order valence-electron chi connectivity index (χ1n) is 19.1. The van der Waals surface area contributed by atoms with Gasteiger partial charge in [0.15, 0.2) is 69.5 Å². The monoisotopic (exact) mass is 878 g/mol. The van der Waals surface area contributed by atoms with Crippen LogP contribution in [-0.2, 0) is 0 Å². The number of aromatic amines is 1. The van der Waals surface area contributed by atoms with Crippen molar-refractivity contribution in [3.63, 3.8) is 0 Å². The van der Waals surface area contributed by atoms with Gasteiger partial charge in [-0.2, -0.15) is 0 Å². The summed E-state index contributed by atoms with van der Waals surface area (Å²) in [4.78, 5) is 12.8. The zero-order chi connectivity index (χ0) is 45.1. The van der Waals surface area contributed by atoms with Gasteiger partial charge in [-0.05, 0) is 103 Å². The number of rotatable bonds is 8. The summed E-state index contributed by atoms with van der Waals surface area (Å²) < 4.78 is 152. The predicted octanol–water partition coefficient (Wildman–Crippen LogP) is 12.3. The van der Waals surface area contributed by atoms with E-state index in [0.717, 1.165) is 81.5 Å². The number of methoxy groups -OCH3 is 4. The SMILES string of the molecule is COc1c(F)ccc(-c2c(-c3ccc(F)c(OC)c3F)c3c(-c4ccc(F)c(OC)c4F)c4nc(cc5ccc(cc6nc(cc2n3-c2ccc(F)c(OC)c2F)C=C6)[nH]5)C=C4)c1F. The van der Waals surface area contributed by atoms with Crippen LogP contribution in [0, 0.1) is 46.5 Å². The third kappa shape index (κ3) is 6.69. The lowest BCUT2D eigenvalue weighted by Crippen LogP contribution is -2.04. The van der Waals surface area contributed by atoms with Gasteiger partial charge >= 0.3 is 0 Å². The Morgan fingerprint density at radius 2 is 0.859 bits per heavy atom. The van der Waals surface area contributed by atoms with Gasteiger partial charge in [0.2, 0.25) is 0 Å². The molecule has 7 aromatic rings. The lowest BCUT2D eigenvalue weighted by atomic mass is 9.91. The Hall–Kier alpha value is -7.88. The van der Waals surface area contributed by atoms with Gasteiger partial charge in [-0.15, -0.1) is 0 Å². The number of nitrogens with one attached hydrogen (secondary N) is 1. The molecule has 0 unspecified atom stereocenters. The molecule has 0 radical (unpaired) electrons. The minimum atomic E-state index is -1.36. The predicted molar refractivity (Wildman–Crippen MR) is 226 cm³/mol. The van der Waals surface area contributed by atoms with Crippen LogP contribution in [0.1, 0.15) is 22.8 Å². The Bertz CT molecular complexity index is 3340. The summed E-state index contributed by atoms with van der Waals surface area (Å²) in [5.74, 6) is -13.4. The normalized spacial score (nSPS) is 11.9. The number of halogens is 8. The summed E-state index contributed by atoms with van der Waals surface area (Å²) >= 11 is 0. The molecule has 0 aliphatic carbocycles. The molecule has 16 heteroatoms. The summed E-state index contributed by atoms with van der Waals surface area (Å²) in [5, 5.41) is 0. The van der Waals surface area contributed by atoms with E-state index in [1.165, 1.54) is 12.1 Å². The minimum absolute atomic E-state index is 0.0998. The van der Waals surface area contributed by atoms with E-state index in [2.05, 4.69) is 4.98 Å². The Kier molecular flexibility index (Phi) is 10.4. The van der Waals surface area contributed by atoms with Crippen LogP contribution in [0.15, 0.2) is 78.9 Å². The van der Waals surface area contributed by atoms with Crippen LogP contribution in [0.3, 0.4) is 0 Å². The molecule has 9 rings (SSSR count). The maximum absolute atomic E-state index is 17.3. The standard InChI is InChI=1S/C48H30F8N4O4/c1-61-45-30(49)13-10-27(40(45)53)37-34-17-9-25(59-34)20-24-6-5-22(57-24)19-23-7-8-26(58-23)21-36-38(28-11-14-31(50)46(62-2)41(28)54)39(29-12-15-32(51)47(63-3)42(29)55)44(37)60(36)35-18-16-33(52)48(64-4)43(35)56/h5-21,57H,1-4H3. The van der Waals surface area contributed by atoms with E-state index < -0.39 is 103 Å². The number of hydrogen-bond donors (Lipinski definition) is 1. The van der Waals surface area contributed by atoms with Crippen molar-refractivity contribution in [2.75, 3.05) is 28.4 Å². The highest BCUT2D eigenvalue weighted by Crippen LogP contribution is 2.51. The van der Waals surface area contributed by atoms with Gasteiger partial charge in [0.05, 0.1) is 67.9 Å². The van der Waals surface area contributed by atoms with Crippen LogP contribution in [0.5, 0.6) is 23.0 Å². The van der Waals surface area contributed by atoms with Crippen LogP contribution in [0.4, 0.5) is 35.1 Å². The van der Waals surface area contributed by atoms with Gasteiger partial charge in [0.1, 0.15) is 0 Å². The Morgan fingerprint density at radius 3 is 1.38 bits per heavy atom. The molecule has 8 bridgehead atoms. The first kappa shape index (κ1) is 41.5. The summed E-state index contributed by atoms with van der Waals surface area (Å²) in [6.45, 7) is 0. The van der Waals surface area contributed by atoms with E-state index in [1.54, 1.807) is 42.5 Å². The topological polar surface area (TPSA) is 83.4 Å². The first-order valence-corrected chi connectivity index (χ1v) is 19.1. The second kappa shape index (κ2) is 16.1. The van der Waals surface area contributed by atoms with Crippen molar-refractivity contribution in [2.45, 2.75) is 0 Å². The van der Waals surface area contributed by atoms with Crippen molar-refractivity contribution in [1.82, 2.24) is 19.5 Å². The van der Waals surface area contributed by atoms with Crippen LogP contribution < -0.4 is 18.9 Å². The van der Waals surface area contributed by atoms with E-state index in [1.807, 2.05) is 0 Å². The maximum atomic E-state index is 17.3. The fraction of sp³-hybridized carbons (Fsp3) is 0.0833. The first-order chi connectivity index (χ1) is 30.9. The third-order valence-electron chi connectivity index (χ3n) is 10.7. The molecule has 0 saturated carbocycles. The average molecular weight is 879 g/mol. The van der Waals surface area contributed by atoms with E-state index in [4.69, 9.17) is 28.9 Å². The molecule has 0 amide bonds. The maximum Gasteiger partial charge on any atom is 0.192 e. The molecule has 0 spiro atoms. The van der Waals surface area contributed by atoms with Crippen molar-refractivity contribution in [3.05, 3.63) is 148 Å². The molecule has 1 N–H and O–H groups in total. The van der Waals surface area contributed by atoms with Crippen LogP contribution >= 0.6 is 0 Å². The molecule has 0 fully saturated rings. The molecule has 8 nitrogen and oxygen atoms in total. The van der Waals surface area contributed by atoms with Gasteiger partial charge in [-0.25, -0.2) is 45.1 Å². The highest BCUT2D eigenvalue weighted by molar-refractivity contribution is 6.11.